The molecule has 27 heavy (non-hydrogen) atoms. The molecular weight excluding hydrogens is 342 g/mol. The first-order chi connectivity index (χ1) is 13.0. The average molecular weight is 376 g/mol. The van der Waals surface area contributed by atoms with Crippen LogP contribution in [0.4, 0.5) is 0 Å². The lowest BCUT2D eigenvalue weighted by Crippen LogP contribution is -2.55. The number of hydrogen-bond donors (Lipinski definition) is 0. The van der Waals surface area contributed by atoms with Crippen LogP contribution in [0.2, 0.25) is 0 Å². The van der Waals surface area contributed by atoms with Crippen molar-refractivity contribution < 1.29 is 9.59 Å². The number of hydrogen-bond acceptors (Lipinski definition) is 4. The van der Waals surface area contributed by atoms with E-state index in [0.29, 0.717) is 18.8 Å². The van der Waals surface area contributed by atoms with Crippen LogP contribution in [0, 0.1) is 11.3 Å². The van der Waals surface area contributed by atoms with Crippen molar-refractivity contribution in [2.45, 2.75) is 65.3 Å². The summed E-state index contributed by atoms with van der Waals surface area (Å²) in [5.74, 6) is 1.13. The van der Waals surface area contributed by atoms with E-state index in [1.807, 2.05) is 4.90 Å². The molecule has 150 valence electrons. The number of rotatable bonds is 7. The SMILES string of the molecule is CC(C)CCN1CC2(CCCN(C(=O)CCCn3cncn3)C2)CCC1=O. The largest absolute Gasteiger partial charge is 0.342 e. The second-order valence-electron chi connectivity index (χ2n) is 8.68. The van der Waals surface area contributed by atoms with Crippen LogP contribution < -0.4 is 0 Å². The lowest BCUT2D eigenvalue weighted by Gasteiger charge is -2.48. The van der Waals surface area contributed by atoms with E-state index in [9.17, 15) is 9.59 Å². The summed E-state index contributed by atoms with van der Waals surface area (Å²) in [7, 11) is 0. The van der Waals surface area contributed by atoms with Gasteiger partial charge in [-0.05, 0) is 38.0 Å². The van der Waals surface area contributed by atoms with E-state index in [-0.39, 0.29) is 17.2 Å². The normalized spacial score (nSPS) is 23.4. The Morgan fingerprint density at radius 1 is 1.26 bits per heavy atom. The van der Waals surface area contributed by atoms with Crippen molar-refractivity contribution in [1.82, 2.24) is 24.6 Å². The third kappa shape index (κ3) is 5.30. The Morgan fingerprint density at radius 2 is 2.11 bits per heavy atom. The molecule has 0 aromatic carbocycles. The van der Waals surface area contributed by atoms with Crippen molar-refractivity contribution in [1.29, 1.82) is 0 Å². The van der Waals surface area contributed by atoms with Crippen LogP contribution in [0.15, 0.2) is 12.7 Å². The van der Waals surface area contributed by atoms with Gasteiger partial charge in [0.1, 0.15) is 12.7 Å². The number of nitrogens with zero attached hydrogens (tertiary/aromatic N) is 5. The summed E-state index contributed by atoms with van der Waals surface area (Å²) in [5, 5.41) is 4.08. The van der Waals surface area contributed by atoms with Gasteiger partial charge in [0.2, 0.25) is 11.8 Å². The summed E-state index contributed by atoms with van der Waals surface area (Å²) < 4.78 is 1.77. The van der Waals surface area contributed by atoms with Gasteiger partial charge in [-0.3, -0.25) is 14.3 Å². The van der Waals surface area contributed by atoms with E-state index in [1.165, 1.54) is 6.33 Å². The molecule has 1 atom stereocenters. The molecule has 7 nitrogen and oxygen atoms in total. The van der Waals surface area contributed by atoms with E-state index in [0.717, 1.165) is 64.8 Å². The molecule has 1 spiro atoms. The number of piperidine rings is 2. The maximum atomic E-state index is 12.7. The van der Waals surface area contributed by atoms with Crippen LogP contribution in [0.25, 0.3) is 0 Å². The first kappa shape index (κ1) is 19.8. The van der Waals surface area contributed by atoms with Gasteiger partial charge in [-0.25, -0.2) is 4.98 Å². The molecule has 3 rings (SSSR count). The Balaban J connectivity index is 1.52. The number of likely N-dealkylation sites (tertiary alicyclic amines) is 2. The van der Waals surface area contributed by atoms with Crippen LogP contribution >= 0.6 is 0 Å². The first-order valence-electron chi connectivity index (χ1n) is 10.4. The fourth-order valence-corrected chi connectivity index (χ4v) is 4.37. The van der Waals surface area contributed by atoms with Gasteiger partial charge in [0.15, 0.2) is 0 Å². The number of carbonyl (C=O) groups is 2. The van der Waals surface area contributed by atoms with E-state index in [4.69, 9.17) is 0 Å². The third-order valence-corrected chi connectivity index (χ3v) is 5.98. The van der Waals surface area contributed by atoms with Crippen LogP contribution in [0.3, 0.4) is 0 Å². The highest BCUT2D eigenvalue weighted by molar-refractivity contribution is 5.78. The van der Waals surface area contributed by atoms with Crippen LogP contribution in [-0.4, -0.2) is 62.6 Å². The number of aryl methyl sites for hydroxylation is 1. The van der Waals surface area contributed by atoms with Gasteiger partial charge < -0.3 is 9.80 Å². The van der Waals surface area contributed by atoms with E-state index < -0.39 is 0 Å². The van der Waals surface area contributed by atoms with Crippen LogP contribution in [0.5, 0.6) is 0 Å². The van der Waals surface area contributed by atoms with Crippen molar-refractivity contribution in [3.8, 4) is 0 Å². The zero-order chi connectivity index (χ0) is 19.3. The molecule has 0 saturated carbocycles. The number of carbonyl (C=O) groups excluding carboxylic acids is 2. The maximum Gasteiger partial charge on any atom is 0.222 e. The Morgan fingerprint density at radius 3 is 2.85 bits per heavy atom. The molecule has 0 radical (unpaired) electrons. The van der Waals surface area contributed by atoms with Gasteiger partial charge in [0.25, 0.3) is 0 Å². The molecular formula is C20H33N5O2. The van der Waals surface area contributed by atoms with Crippen molar-refractivity contribution in [2.24, 2.45) is 11.3 Å². The predicted octanol–water partition coefficient (Wildman–Crippen LogP) is 2.34. The number of aromatic nitrogens is 3. The molecule has 2 fully saturated rings. The highest BCUT2D eigenvalue weighted by Crippen LogP contribution is 2.39. The van der Waals surface area contributed by atoms with Crippen molar-refractivity contribution >= 4 is 11.8 Å². The highest BCUT2D eigenvalue weighted by atomic mass is 16.2. The van der Waals surface area contributed by atoms with Gasteiger partial charge in [0.05, 0.1) is 0 Å². The summed E-state index contributed by atoms with van der Waals surface area (Å²) in [6, 6.07) is 0. The molecule has 2 aliphatic heterocycles. The zero-order valence-electron chi connectivity index (χ0n) is 16.8. The Labute approximate surface area is 162 Å². The number of amides is 2. The van der Waals surface area contributed by atoms with Gasteiger partial charge >= 0.3 is 0 Å². The maximum absolute atomic E-state index is 12.7. The minimum atomic E-state index is 0.102. The minimum absolute atomic E-state index is 0.102. The van der Waals surface area contributed by atoms with Gasteiger partial charge in [-0.2, -0.15) is 5.10 Å². The summed E-state index contributed by atoms with van der Waals surface area (Å²) in [6.07, 6.45) is 9.31. The highest BCUT2D eigenvalue weighted by Gasteiger charge is 2.42. The molecule has 2 saturated heterocycles. The van der Waals surface area contributed by atoms with Crippen molar-refractivity contribution in [3.63, 3.8) is 0 Å². The van der Waals surface area contributed by atoms with Crippen molar-refractivity contribution in [3.05, 3.63) is 12.7 Å². The van der Waals surface area contributed by atoms with Gasteiger partial charge in [-0.1, -0.05) is 13.8 Å². The summed E-state index contributed by atoms with van der Waals surface area (Å²) >= 11 is 0. The topological polar surface area (TPSA) is 71.3 Å². The summed E-state index contributed by atoms with van der Waals surface area (Å²) in [4.78, 5) is 33.1. The smallest absolute Gasteiger partial charge is 0.222 e. The fraction of sp³-hybridized carbons (Fsp3) is 0.800. The summed E-state index contributed by atoms with van der Waals surface area (Å²) in [5.41, 5.74) is 0.102. The van der Waals surface area contributed by atoms with Crippen LogP contribution in [-0.2, 0) is 16.1 Å². The predicted molar refractivity (Wildman–Crippen MR) is 103 cm³/mol. The molecule has 1 aromatic heterocycles. The summed E-state index contributed by atoms with van der Waals surface area (Å²) in [6.45, 7) is 8.45. The monoisotopic (exact) mass is 375 g/mol. The van der Waals surface area contributed by atoms with E-state index in [1.54, 1.807) is 11.0 Å². The second-order valence-corrected chi connectivity index (χ2v) is 8.68. The van der Waals surface area contributed by atoms with Crippen molar-refractivity contribution in [2.75, 3.05) is 26.2 Å². The molecule has 1 unspecified atom stereocenters. The van der Waals surface area contributed by atoms with E-state index >= 15 is 0 Å². The molecule has 1 aromatic rings. The molecule has 2 aliphatic rings. The molecule has 7 heteroatoms. The van der Waals surface area contributed by atoms with E-state index in [2.05, 4.69) is 28.8 Å². The van der Waals surface area contributed by atoms with Gasteiger partial charge in [-0.15, -0.1) is 0 Å². The Hall–Kier alpha value is -1.92. The van der Waals surface area contributed by atoms with Crippen LogP contribution in [0.1, 0.15) is 58.8 Å². The Kier molecular flexibility index (Phi) is 6.50. The Bertz CT molecular complexity index is 630. The molecule has 3 heterocycles. The molecule has 2 amide bonds. The first-order valence-corrected chi connectivity index (χ1v) is 10.4. The minimum Gasteiger partial charge on any atom is -0.342 e. The second kappa shape index (κ2) is 8.85. The quantitative estimate of drug-likeness (QED) is 0.733. The average Bonchev–Trinajstić information content (AvgIpc) is 3.16. The molecule has 0 N–H and O–H groups in total. The fourth-order valence-electron chi connectivity index (χ4n) is 4.37. The zero-order valence-corrected chi connectivity index (χ0v) is 16.8. The lowest BCUT2D eigenvalue weighted by atomic mass is 9.73. The lowest BCUT2D eigenvalue weighted by molar-refractivity contribution is -0.143. The standard InChI is InChI=1S/C20H33N5O2/c1-17(2)7-12-24-14-20(9-6-19(24)27)8-4-10-23(13-20)18(26)5-3-11-25-16-21-15-22-25/h15-17H,3-14H2,1-2H3. The molecule has 0 aliphatic carbocycles. The molecule has 0 bridgehead atoms. The third-order valence-electron chi connectivity index (χ3n) is 5.98. The van der Waals surface area contributed by atoms with Gasteiger partial charge in [0, 0.05) is 51.0 Å².